The van der Waals surface area contributed by atoms with Gasteiger partial charge >= 0.3 is 0 Å². The molecule has 1 aromatic rings. The van der Waals surface area contributed by atoms with Crippen molar-refractivity contribution < 1.29 is 4.39 Å². The van der Waals surface area contributed by atoms with Gasteiger partial charge in [-0.2, -0.15) is 0 Å². The fourth-order valence-electron chi connectivity index (χ4n) is 3.21. The highest BCUT2D eigenvalue weighted by Crippen LogP contribution is 2.33. The third-order valence-electron chi connectivity index (χ3n) is 4.46. The summed E-state index contributed by atoms with van der Waals surface area (Å²) in [4.78, 5) is 2.39. The average molecular weight is 278 g/mol. The van der Waals surface area contributed by atoms with Gasteiger partial charge in [-0.3, -0.25) is 0 Å². The van der Waals surface area contributed by atoms with E-state index in [0.717, 1.165) is 24.2 Å². The van der Waals surface area contributed by atoms with Crippen LogP contribution in [0.15, 0.2) is 18.2 Å². The van der Waals surface area contributed by atoms with E-state index < -0.39 is 0 Å². The topological polar surface area (TPSA) is 29.3 Å². The standard InChI is InChI=1S/C17H27FN2/c1-4-13(19)11-14-15(18)7-5-8-17(14)20-10-6-9-16(20)12(2)3/h5,7-8,12-13,16H,4,6,9-11,19H2,1-3H3. The summed E-state index contributed by atoms with van der Waals surface area (Å²) >= 11 is 0. The fraction of sp³-hybridized carbons (Fsp3) is 0.647. The van der Waals surface area contributed by atoms with Crippen LogP contribution in [0.25, 0.3) is 0 Å². The van der Waals surface area contributed by atoms with Crippen molar-refractivity contribution >= 4 is 5.69 Å². The highest BCUT2D eigenvalue weighted by atomic mass is 19.1. The van der Waals surface area contributed by atoms with Crippen molar-refractivity contribution in [2.75, 3.05) is 11.4 Å². The molecule has 0 radical (unpaired) electrons. The second-order valence-corrected chi connectivity index (χ2v) is 6.26. The largest absolute Gasteiger partial charge is 0.368 e. The van der Waals surface area contributed by atoms with E-state index in [2.05, 4.69) is 31.7 Å². The van der Waals surface area contributed by atoms with E-state index in [1.54, 1.807) is 6.07 Å². The van der Waals surface area contributed by atoms with Gasteiger partial charge in [0.1, 0.15) is 5.82 Å². The van der Waals surface area contributed by atoms with Crippen molar-refractivity contribution in [3.63, 3.8) is 0 Å². The second-order valence-electron chi connectivity index (χ2n) is 6.26. The van der Waals surface area contributed by atoms with Crippen molar-refractivity contribution in [3.05, 3.63) is 29.6 Å². The Morgan fingerprint density at radius 2 is 2.15 bits per heavy atom. The van der Waals surface area contributed by atoms with Crippen molar-refractivity contribution in [3.8, 4) is 0 Å². The molecule has 1 fully saturated rings. The Morgan fingerprint density at radius 3 is 2.80 bits per heavy atom. The molecule has 2 unspecified atom stereocenters. The third kappa shape index (κ3) is 3.14. The molecule has 2 atom stereocenters. The number of hydrogen-bond acceptors (Lipinski definition) is 2. The fourth-order valence-corrected chi connectivity index (χ4v) is 3.21. The summed E-state index contributed by atoms with van der Waals surface area (Å²) in [5.74, 6) is 0.481. The predicted octanol–water partition coefficient (Wildman–Crippen LogP) is 3.73. The van der Waals surface area contributed by atoms with Gasteiger partial charge in [-0.25, -0.2) is 4.39 Å². The van der Waals surface area contributed by atoms with Gasteiger partial charge in [-0.1, -0.05) is 26.8 Å². The minimum absolute atomic E-state index is 0.0331. The number of rotatable bonds is 5. The first-order valence-electron chi connectivity index (χ1n) is 7.84. The van der Waals surface area contributed by atoms with Crippen molar-refractivity contribution in [2.45, 2.75) is 58.5 Å². The Morgan fingerprint density at radius 1 is 1.40 bits per heavy atom. The zero-order chi connectivity index (χ0) is 14.7. The van der Waals surface area contributed by atoms with E-state index in [9.17, 15) is 4.39 Å². The van der Waals surface area contributed by atoms with E-state index >= 15 is 0 Å². The first-order chi connectivity index (χ1) is 9.54. The molecule has 1 aliphatic rings. The lowest BCUT2D eigenvalue weighted by Gasteiger charge is -2.32. The lowest BCUT2D eigenvalue weighted by atomic mass is 9.98. The monoisotopic (exact) mass is 278 g/mol. The highest BCUT2D eigenvalue weighted by Gasteiger charge is 2.29. The van der Waals surface area contributed by atoms with Gasteiger partial charge in [0, 0.05) is 29.9 Å². The van der Waals surface area contributed by atoms with Crippen LogP contribution in [-0.4, -0.2) is 18.6 Å². The third-order valence-corrected chi connectivity index (χ3v) is 4.46. The van der Waals surface area contributed by atoms with Gasteiger partial charge in [-0.15, -0.1) is 0 Å². The summed E-state index contributed by atoms with van der Waals surface area (Å²) in [6.45, 7) is 7.58. The molecular weight excluding hydrogens is 251 g/mol. The number of halogens is 1. The Bertz CT molecular complexity index is 445. The Kier molecular flexibility index (Phi) is 5.03. The minimum Gasteiger partial charge on any atom is -0.368 e. The molecule has 1 saturated heterocycles. The zero-order valence-corrected chi connectivity index (χ0v) is 12.9. The normalized spacial score (nSPS) is 20.7. The number of nitrogens with zero attached hydrogens (tertiary/aromatic N) is 1. The maximum Gasteiger partial charge on any atom is 0.128 e. The molecule has 0 saturated carbocycles. The van der Waals surface area contributed by atoms with Crippen LogP contribution in [0.3, 0.4) is 0 Å². The summed E-state index contributed by atoms with van der Waals surface area (Å²) in [6.07, 6.45) is 3.90. The molecule has 1 aliphatic heterocycles. The van der Waals surface area contributed by atoms with Crippen LogP contribution in [0, 0.1) is 11.7 Å². The van der Waals surface area contributed by atoms with Gasteiger partial charge in [0.15, 0.2) is 0 Å². The minimum atomic E-state index is -0.110. The average Bonchev–Trinajstić information content (AvgIpc) is 2.90. The molecule has 2 rings (SSSR count). The number of anilines is 1. The molecule has 0 aliphatic carbocycles. The molecule has 1 heterocycles. The predicted molar refractivity (Wildman–Crippen MR) is 83.6 cm³/mol. The maximum absolute atomic E-state index is 14.2. The zero-order valence-electron chi connectivity index (χ0n) is 12.9. The highest BCUT2D eigenvalue weighted by molar-refractivity contribution is 5.56. The molecule has 3 heteroatoms. The maximum atomic E-state index is 14.2. The molecule has 0 spiro atoms. The van der Waals surface area contributed by atoms with Crippen LogP contribution in [0.2, 0.25) is 0 Å². The van der Waals surface area contributed by atoms with Gasteiger partial charge in [0.2, 0.25) is 0 Å². The molecule has 2 nitrogen and oxygen atoms in total. The van der Waals surface area contributed by atoms with Gasteiger partial charge < -0.3 is 10.6 Å². The van der Waals surface area contributed by atoms with E-state index in [-0.39, 0.29) is 11.9 Å². The molecule has 0 aromatic heterocycles. The van der Waals surface area contributed by atoms with Crippen LogP contribution in [-0.2, 0) is 6.42 Å². The van der Waals surface area contributed by atoms with Crippen molar-refractivity contribution in [1.82, 2.24) is 0 Å². The molecule has 0 amide bonds. The molecular formula is C17H27FN2. The Hall–Kier alpha value is -1.09. The molecule has 1 aromatic carbocycles. The molecule has 2 N–H and O–H groups in total. The lowest BCUT2D eigenvalue weighted by molar-refractivity contribution is 0.489. The van der Waals surface area contributed by atoms with Crippen LogP contribution >= 0.6 is 0 Å². The first kappa shape index (κ1) is 15.3. The first-order valence-corrected chi connectivity index (χ1v) is 7.84. The van der Waals surface area contributed by atoms with Crippen LogP contribution in [0.1, 0.15) is 45.6 Å². The van der Waals surface area contributed by atoms with Crippen molar-refractivity contribution in [2.24, 2.45) is 11.7 Å². The summed E-state index contributed by atoms with van der Waals surface area (Å²) in [7, 11) is 0. The summed E-state index contributed by atoms with van der Waals surface area (Å²) in [6, 6.07) is 5.99. The Balaban J connectivity index is 2.33. The number of hydrogen-bond donors (Lipinski definition) is 1. The van der Waals surface area contributed by atoms with Gasteiger partial charge in [-0.05, 0) is 43.7 Å². The van der Waals surface area contributed by atoms with E-state index in [0.29, 0.717) is 18.4 Å². The number of benzene rings is 1. The van der Waals surface area contributed by atoms with Crippen LogP contribution < -0.4 is 10.6 Å². The SMILES string of the molecule is CCC(N)Cc1c(F)cccc1N1CCCC1C(C)C. The molecule has 0 bridgehead atoms. The van der Waals surface area contributed by atoms with Crippen LogP contribution in [0.4, 0.5) is 10.1 Å². The quantitative estimate of drug-likeness (QED) is 0.889. The van der Waals surface area contributed by atoms with Crippen LogP contribution in [0.5, 0.6) is 0 Å². The van der Waals surface area contributed by atoms with Gasteiger partial charge in [0.25, 0.3) is 0 Å². The molecule has 112 valence electrons. The van der Waals surface area contributed by atoms with Crippen molar-refractivity contribution in [1.29, 1.82) is 0 Å². The summed E-state index contributed by atoms with van der Waals surface area (Å²) in [5.41, 5.74) is 7.91. The number of nitrogens with two attached hydrogens (primary N) is 1. The Labute approximate surface area is 122 Å². The van der Waals surface area contributed by atoms with E-state index in [4.69, 9.17) is 5.73 Å². The van der Waals surface area contributed by atoms with Gasteiger partial charge in [0.05, 0.1) is 0 Å². The summed E-state index contributed by atoms with van der Waals surface area (Å²) in [5, 5.41) is 0. The summed E-state index contributed by atoms with van der Waals surface area (Å²) < 4.78 is 14.2. The molecule has 20 heavy (non-hydrogen) atoms. The second kappa shape index (κ2) is 6.57. The van der Waals surface area contributed by atoms with E-state index in [1.165, 1.54) is 12.8 Å². The lowest BCUT2D eigenvalue weighted by Crippen LogP contribution is -2.35. The smallest absolute Gasteiger partial charge is 0.128 e. The van der Waals surface area contributed by atoms with E-state index in [1.807, 2.05) is 6.07 Å².